The molecule has 0 aliphatic carbocycles. The second-order valence-electron chi connectivity index (χ2n) is 8.77. The summed E-state index contributed by atoms with van der Waals surface area (Å²) in [4.78, 5) is 26.7. The highest BCUT2D eigenvalue weighted by Gasteiger charge is 2.32. The normalized spacial score (nSPS) is 15.7. The molecule has 2 aromatic carbocycles. The van der Waals surface area contributed by atoms with Gasteiger partial charge in [0, 0.05) is 28.9 Å². The molecule has 9 nitrogen and oxygen atoms in total. The molecule has 0 N–H and O–H groups in total. The van der Waals surface area contributed by atoms with Crippen LogP contribution in [0.1, 0.15) is 40.8 Å². The van der Waals surface area contributed by atoms with Gasteiger partial charge < -0.3 is 9.80 Å². The molecule has 1 aliphatic rings. The summed E-state index contributed by atoms with van der Waals surface area (Å²) in [6, 6.07) is 16.6. The molecule has 5 rings (SSSR count). The summed E-state index contributed by atoms with van der Waals surface area (Å²) in [5, 5.41) is 12.7. The predicted molar refractivity (Wildman–Crippen MR) is 132 cm³/mol. The van der Waals surface area contributed by atoms with Gasteiger partial charge in [-0.15, -0.1) is 5.10 Å². The zero-order chi connectivity index (χ0) is 24.4. The van der Waals surface area contributed by atoms with Crippen molar-refractivity contribution in [3.8, 4) is 17.1 Å². The first-order valence-electron chi connectivity index (χ1n) is 11.4. The third-order valence-electron chi connectivity index (χ3n) is 5.94. The van der Waals surface area contributed by atoms with Crippen molar-refractivity contribution in [2.45, 2.75) is 25.4 Å². The first kappa shape index (κ1) is 23.1. The molecule has 4 aromatic rings. The number of likely N-dealkylation sites (tertiary alicyclic amines) is 1. The maximum atomic E-state index is 13.6. The Bertz CT molecular complexity index is 1350. The second-order valence-corrected chi connectivity index (χ2v) is 9.20. The standard InChI is InChI=1S/C25H25ClN8O/c1-32(2)16-23-29-30-31-34(23)20-9-4-7-18(15-20)25(35)33-13-5-10-22(33)21-11-12-27-24(28-21)17-6-3-8-19(26)14-17/h3-4,6-9,11-12,14-15,22H,5,10,13,16H2,1-2H3/t22-/m1/s1. The number of benzene rings is 2. The minimum Gasteiger partial charge on any atom is -0.330 e. The first-order chi connectivity index (χ1) is 17.0. The molecule has 1 atom stereocenters. The van der Waals surface area contributed by atoms with Gasteiger partial charge in [-0.2, -0.15) is 4.68 Å². The van der Waals surface area contributed by atoms with Gasteiger partial charge in [0.15, 0.2) is 11.6 Å². The van der Waals surface area contributed by atoms with E-state index >= 15 is 0 Å². The van der Waals surface area contributed by atoms with E-state index in [0.717, 1.165) is 29.8 Å². The van der Waals surface area contributed by atoms with Crippen LogP contribution in [0.3, 0.4) is 0 Å². The van der Waals surface area contributed by atoms with Gasteiger partial charge in [0.25, 0.3) is 5.91 Å². The fourth-order valence-corrected chi connectivity index (χ4v) is 4.56. The summed E-state index contributed by atoms with van der Waals surface area (Å²) < 4.78 is 1.67. The number of hydrogen-bond donors (Lipinski definition) is 0. The summed E-state index contributed by atoms with van der Waals surface area (Å²) in [5.74, 6) is 1.26. The molecule has 0 saturated carbocycles. The van der Waals surface area contributed by atoms with E-state index in [-0.39, 0.29) is 11.9 Å². The average molecular weight is 489 g/mol. The van der Waals surface area contributed by atoms with Crippen molar-refractivity contribution in [1.82, 2.24) is 40.0 Å². The van der Waals surface area contributed by atoms with Crippen molar-refractivity contribution in [2.75, 3.05) is 20.6 Å². The lowest BCUT2D eigenvalue weighted by Crippen LogP contribution is -2.31. The Kier molecular flexibility index (Phi) is 6.52. The van der Waals surface area contributed by atoms with E-state index in [1.165, 1.54) is 0 Å². The molecule has 3 heterocycles. The highest BCUT2D eigenvalue weighted by molar-refractivity contribution is 6.30. The Labute approximate surface area is 208 Å². The zero-order valence-electron chi connectivity index (χ0n) is 19.5. The Balaban J connectivity index is 1.41. The fourth-order valence-electron chi connectivity index (χ4n) is 4.37. The topological polar surface area (TPSA) is 92.9 Å². The summed E-state index contributed by atoms with van der Waals surface area (Å²) in [5.41, 5.74) is 3.01. The summed E-state index contributed by atoms with van der Waals surface area (Å²) in [6.45, 7) is 1.25. The number of carbonyl (C=O) groups is 1. The molecule has 178 valence electrons. The van der Waals surface area contributed by atoms with Crippen molar-refractivity contribution in [2.24, 2.45) is 0 Å². The molecular formula is C25H25ClN8O. The van der Waals surface area contributed by atoms with Gasteiger partial charge in [0.05, 0.1) is 24.0 Å². The highest BCUT2D eigenvalue weighted by Crippen LogP contribution is 2.33. The van der Waals surface area contributed by atoms with Crippen LogP contribution in [0.15, 0.2) is 60.8 Å². The monoisotopic (exact) mass is 488 g/mol. The molecule has 2 aromatic heterocycles. The van der Waals surface area contributed by atoms with Crippen LogP contribution >= 0.6 is 11.6 Å². The second kappa shape index (κ2) is 9.89. The molecule has 1 amide bonds. The third-order valence-corrected chi connectivity index (χ3v) is 6.18. The molecule has 0 bridgehead atoms. The van der Waals surface area contributed by atoms with E-state index in [9.17, 15) is 4.79 Å². The van der Waals surface area contributed by atoms with Crippen molar-refractivity contribution >= 4 is 17.5 Å². The Morgan fingerprint density at radius 1 is 1.14 bits per heavy atom. The number of aromatic nitrogens is 6. The lowest BCUT2D eigenvalue weighted by atomic mass is 10.1. The van der Waals surface area contributed by atoms with Gasteiger partial charge in [0.2, 0.25) is 0 Å². The third kappa shape index (κ3) is 4.91. The largest absolute Gasteiger partial charge is 0.330 e. The highest BCUT2D eigenvalue weighted by atomic mass is 35.5. The van der Waals surface area contributed by atoms with E-state index in [4.69, 9.17) is 16.6 Å². The molecule has 0 spiro atoms. The molecule has 35 heavy (non-hydrogen) atoms. The first-order valence-corrected chi connectivity index (χ1v) is 11.8. The zero-order valence-corrected chi connectivity index (χ0v) is 20.3. The van der Waals surface area contributed by atoms with Gasteiger partial charge in [-0.25, -0.2) is 9.97 Å². The molecule has 1 aliphatic heterocycles. The van der Waals surface area contributed by atoms with Gasteiger partial charge in [-0.1, -0.05) is 29.8 Å². The molecule has 0 radical (unpaired) electrons. The van der Waals surface area contributed by atoms with E-state index in [1.54, 1.807) is 10.9 Å². The quantitative estimate of drug-likeness (QED) is 0.407. The Morgan fingerprint density at radius 3 is 2.83 bits per heavy atom. The van der Waals surface area contributed by atoms with Gasteiger partial charge >= 0.3 is 0 Å². The van der Waals surface area contributed by atoms with Crippen LogP contribution in [-0.4, -0.2) is 66.5 Å². The molecular weight excluding hydrogens is 464 g/mol. The van der Waals surface area contributed by atoms with Crippen LogP contribution in [0, 0.1) is 0 Å². The van der Waals surface area contributed by atoms with Crippen molar-refractivity contribution in [3.05, 3.63) is 82.9 Å². The smallest absolute Gasteiger partial charge is 0.254 e. The average Bonchev–Trinajstić information content (AvgIpc) is 3.53. The van der Waals surface area contributed by atoms with Gasteiger partial charge in [-0.3, -0.25) is 4.79 Å². The number of tetrazole rings is 1. The van der Waals surface area contributed by atoms with Crippen LogP contribution in [0.4, 0.5) is 0 Å². The van der Waals surface area contributed by atoms with Crippen LogP contribution in [0.2, 0.25) is 5.02 Å². The number of carbonyl (C=O) groups excluding carboxylic acids is 1. The van der Waals surface area contributed by atoms with Gasteiger partial charge in [0.1, 0.15) is 0 Å². The van der Waals surface area contributed by atoms with E-state index in [0.29, 0.717) is 35.3 Å². The molecule has 10 heteroatoms. The van der Waals surface area contributed by atoms with E-state index < -0.39 is 0 Å². The van der Waals surface area contributed by atoms with E-state index in [1.807, 2.05) is 78.5 Å². The molecule has 1 fully saturated rings. The number of hydrogen-bond acceptors (Lipinski definition) is 7. The molecule has 0 unspecified atom stereocenters. The summed E-state index contributed by atoms with van der Waals surface area (Å²) in [7, 11) is 3.91. The lowest BCUT2D eigenvalue weighted by molar-refractivity contribution is 0.0733. The number of halogens is 1. The SMILES string of the molecule is CN(C)Cc1nnnn1-c1cccc(C(=O)N2CCC[C@@H]2c2ccnc(-c3cccc(Cl)c3)n2)c1. The van der Waals surface area contributed by atoms with Crippen molar-refractivity contribution < 1.29 is 4.79 Å². The molecule has 1 saturated heterocycles. The maximum absolute atomic E-state index is 13.6. The van der Waals surface area contributed by atoms with Crippen LogP contribution < -0.4 is 0 Å². The van der Waals surface area contributed by atoms with Gasteiger partial charge in [-0.05, 0) is 73.8 Å². The van der Waals surface area contributed by atoms with Crippen LogP contribution in [0.5, 0.6) is 0 Å². The van der Waals surface area contributed by atoms with Crippen molar-refractivity contribution in [3.63, 3.8) is 0 Å². The Morgan fingerprint density at radius 2 is 2.00 bits per heavy atom. The summed E-state index contributed by atoms with van der Waals surface area (Å²) >= 11 is 6.15. The van der Waals surface area contributed by atoms with Crippen LogP contribution in [-0.2, 0) is 6.54 Å². The number of rotatable bonds is 6. The lowest BCUT2D eigenvalue weighted by Gasteiger charge is -2.25. The minimum absolute atomic E-state index is 0.0421. The Hall–Kier alpha value is -3.69. The minimum atomic E-state index is -0.121. The maximum Gasteiger partial charge on any atom is 0.254 e. The van der Waals surface area contributed by atoms with E-state index in [2.05, 4.69) is 20.5 Å². The van der Waals surface area contributed by atoms with Crippen LogP contribution in [0.25, 0.3) is 17.1 Å². The number of amides is 1. The van der Waals surface area contributed by atoms with Crippen molar-refractivity contribution in [1.29, 1.82) is 0 Å². The number of nitrogens with zero attached hydrogens (tertiary/aromatic N) is 8. The summed E-state index contributed by atoms with van der Waals surface area (Å²) in [6.07, 6.45) is 3.49. The predicted octanol–water partition coefficient (Wildman–Crippen LogP) is 3.81. The fraction of sp³-hybridized carbons (Fsp3) is 0.280.